The number of carbonyl (C=O) groups is 1. The Hall–Kier alpha value is -3.26. The number of aromatic nitrogens is 1. The van der Waals surface area contributed by atoms with Crippen molar-refractivity contribution in [2.45, 2.75) is 17.9 Å². The molecule has 1 atom stereocenters. The Morgan fingerprint density at radius 1 is 0.964 bits per heavy atom. The maximum atomic E-state index is 13.0. The van der Waals surface area contributed by atoms with Crippen LogP contribution in [0.3, 0.4) is 0 Å². The summed E-state index contributed by atoms with van der Waals surface area (Å²) in [6, 6.07) is 14.0. The number of anilines is 1. The third-order valence-corrected chi connectivity index (χ3v) is 5.47. The summed E-state index contributed by atoms with van der Waals surface area (Å²) in [5, 5.41) is 2.87. The number of benzene rings is 2. The Morgan fingerprint density at radius 2 is 1.57 bits per heavy atom. The number of pyridine rings is 1. The van der Waals surface area contributed by atoms with Crippen LogP contribution in [-0.4, -0.2) is 19.3 Å². The first-order valence-corrected chi connectivity index (χ1v) is 9.93. The quantitative estimate of drug-likeness (QED) is 0.664. The number of halogens is 1. The van der Waals surface area contributed by atoms with Crippen molar-refractivity contribution >= 4 is 21.6 Å². The van der Waals surface area contributed by atoms with E-state index in [1.807, 2.05) is 19.1 Å². The fraction of sp³-hybridized carbons (Fsp3) is 0.100. The summed E-state index contributed by atoms with van der Waals surface area (Å²) in [6.07, 6.45) is 3.31. The first-order valence-electron chi connectivity index (χ1n) is 8.44. The number of nitrogens with one attached hydrogen (secondary N) is 2. The SMILES string of the molecule is C[C@H](NC(=O)c1ccc(NS(=O)(=O)c2ccc(F)cc2)cc1)c1ccncc1. The van der Waals surface area contributed by atoms with Crippen LogP contribution in [0.4, 0.5) is 10.1 Å². The zero-order chi connectivity index (χ0) is 20.1. The summed E-state index contributed by atoms with van der Waals surface area (Å²) >= 11 is 0. The normalized spacial score (nSPS) is 12.2. The van der Waals surface area contributed by atoms with Crippen LogP contribution in [0.2, 0.25) is 0 Å². The van der Waals surface area contributed by atoms with E-state index in [-0.39, 0.29) is 16.8 Å². The number of amides is 1. The van der Waals surface area contributed by atoms with Crippen LogP contribution < -0.4 is 10.0 Å². The van der Waals surface area contributed by atoms with Gasteiger partial charge >= 0.3 is 0 Å². The van der Waals surface area contributed by atoms with E-state index < -0.39 is 15.8 Å². The number of nitrogens with zero attached hydrogens (tertiary/aromatic N) is 1. The zero-order valence-corrected chi connectivity index (χ0v) is 15.8. The lowest BCUT2D eigenvalue weighted by atomic mass is 10.1. The molecule has 0 unspecified atom stereocenters. The molecule has 0 spiro atoms. The largest absolute Gasteiger partial charge is 0.346 e. The lowest BCUT2D eigenvalue weighted by Gasteiger charge is -2.14. The van der Waals surface area contributed by atoms with Gasteiger partial charge in [-0.2, -0.15) is 0 Å². The van der Waals surface area contributed by atoms with E-state index in [9.17, 15) is 17.6 Å². The monoisotopic (exact) mass is 399 g/mol. The minimum atomic E-state index is -3.84. The summed E-state index contributed by atoms with van der Waals surface area (Å²) in [5.74, 6) is -0.799. The first-order chi connectivity index (χ1) is 13.3. The van der Waals surface area contributed by atoms with Crippen LogP contribution >= 0.6 is 0 Å². The van der Waals surface area contributed by atoms with Gasteiger partial charge in [0, 0.05) is 23.6 Å². The molecule has 0 aliphatic rings. The van der Waals surface area contributed by atoms with E-state index in [4.69, 9.17) is 0 Å². The highest BCUT2D eigenvalue weighted by atomic mass is 32.2. The molecular weight excluding hydrogens is 381 g/mol. The van der Waals surface area contributed by atoms with Crippen LogP contribution in [0.15, 0.2) is 78.0 Å². The lowest BCUT2D eigenvalue weighted by Crippen LogP contribution is -2.26. The van der Waals surface area contributed by atoms with Crippen molar-refractivity contribution in [1.82, 2.24) is 10.3 Å². The molecule has 3 aromatic rings. The van der Waals surface area contributed by atoms with Gasteiger partial charge in [0.2, 0.25) is 0 Å². The van der Waals surface area contributed by atoms with Gasteiger partial charge in [0.05, 0.1) is 10.9 Å². The van der Waals surface area contributed by atoms with Crippen molar-refractivity contribution in [2.75, 3.05) is 4.72 Å². The van der Waals surface area contributed by atoms with Crippen LogP contribution in [0.5, 0.6) is 0 Å². The fourth-order valence-electron chi connectivity index (χ4n) is 2.53. The van der Waals surface area contributed by atoms with Gasteiger partial charge in [0.15, 0.2) is 0 Å². The topological polar surface area (TPSA) is 88.2 Å². The van der Waals surface area contributed by atoms with E-state index in [0.717, 1.165) is 17.7 Å². The second-order valence-electron chi connectivity index (χ2n) is 6.11. The van der Waals surface area contributed by atoms with E-state index in [1.165, 1.54) is 36.4 Å². The molecular formula is C20H18FN3O3S. The van der Waals surface area contributed by atoms with Crippen LogP contribution in [0.1, 0.15) is 28.9 Å². The maximum absolute atomic E-state index is 13.0. The van der Waals surface area contributed by atoms with Gasteiger partial charge in [0.25, 0.3) is 15.9 Å². The summed E-state index contributed by atoms with van der Waals surface area (Å²) in [7, 11) is -3.84. The molecule has 0 bridgehead atoms. The van der Waals surface area contributed by atoms with E-state index in [1.54, 1.807) is 12.4 Å². The second kappa shape index (κ2) is 8.18. The Balaban J connectivity index is 1.67. The molecule has 2 N–H and O–H groups in total. The molecule has 28 heavy (non-hydrogen) atoms. The van der Waals surface area contributed by atoms with Crippen molar-refractivity contribution in [2.24, 2.45) is 0 Å². The highest BCUT2D eigenvalue weighted by molar-refractivity contribution is 7.92. The molecule has 0 aliphatic heterocycles. The molecule has 1 amide bonds. The predicted molar refractivity (Wildman–Crippen MR) is 104 cm³/mol. The molecule has 0 aliphatic carbocycles. The van der Waals surface area contributed by atoms with Gasteiger partial charge in [-0.05, 0) is 73.2 Å². The minimum Gasteiger partial charge on any atom is -0.346 e. The van der Waals surface area contributed by atoms with Gasteiger partial charge in [-0.15, -0.1) is 0 Å². The average molecular weight is 399 g/mol. The Morgan fingerprint density at radius 3 is 2.18 bits per heavy atom. The second-order valence-corrected chi connectivity index (χ2v) is 7.79. The van der Waals surface area contributed by atoms with E-state index in [0.29, 0.717) is 11.3 Å². The molecule has 144 valence electrons. The molecule has 1 aromatic heterocycles. The highest BCUT2D eigenvalue weighted by Crippen LogP contribution is 2.18. The van der Waals surface area contributed by atoms with Crippen molar-refractivity contribution in [3.63, 3.8) is 0 Å². The zero-order valence-electron chi connectivity index (χ0n) is 15.0. The molecule has 1 heterocycles. The number of hydrogen-bond donors (Lipinski definition) is 2. The maximum Gasteiger partial charge on any atom is 0.261 e. The van der Waals surface area contributed by atoms with Crippen molar-refractivity contribution in [3.05, 3.63) is 90.0 Å². The number of carbonyl (C=O) groups excluding carboxylic acids is 1. The number of rotatable bonds is 6. The molecule has 0 saturated carbocycles. The summed E-state index contributed by atoms with van der Waals surface area (Å²) in [5.41, 5.74) is 1.61. The van der Waals surface area contributed by atoms with Crippen molar-refractivity contribution < 1.29 is 17.6 Å². The average Bonchev–Trinajstić information content (AvgIpc) is 2.69. The number of sulfonamides is 1. The van der Waals surface area contributed by atoms with Crippen LogP contribution in [0.25, 0.3) is 0 Å². The molecule has 0 radical (unpaired) electrons. The van der Waals surface area contributed by atoms with Crippen molar-refractivity contribution in [3.8, 4) is 0 Å². The third kappa shape index (κ3) is 4.72. The van der Waals surface area contributed by atoms with Gasteiger partial charge in [-0.3, -0.25) is 14.5 Å². The molecule has 0 fully saturated rings. The van der Waals surface area contributed by atoms with Gasteiger partial charge < -0.3 is 5.32 Å². The Kier molecular flexibility index (Phi) is 5.70. The van der Waals surface area contributed by atoms with Crippen molar-refractivity contribution in [1.29, 1.82) is 0 Å². The summed E-state index contributed by atoms with van der Waals surface area (Å²) in [4.78, 5) is 16.3. The summed E-state index contributed by atoms with van der Waals surface area (Å²) < 4.78 is 40.0. The minimum absolute atomic E-state index is 0.0538. The summed E-state index contributed by atoms with van der Waals surface area (Å²) in [6.45, 7) is 1.86. The van der Waals surface area contributed by atoms with Gasteiger partial charge in [0.1, 0.15) is 5.82 Å². The van der Waals surface area contributed by atoms with E-state index >= 15 is 0 Å². The fourth-order valence-corrected chi connectivity index (χ4v) is 3.59. The molecule has 6 nitrogen and oxygen atoms in total. The molecule has 3 rings (SSSR count). The highest BCUT2D eigenvalue weighted by Gasteiger charge is 2.15. The number of hydrogen-bond acceptors (Lipinski definition) is 4. The first kappa shape index (κ1) is 19.5. The third-order valence-electron chi connectivity index (χ3n) is 4.08. The molecule has 2 aromatic carbocycles. The molecule has 8 heteroatoms. The van der Waals surface area contributed by atoms with Gasteiger partial charge in [-0.1, -0.05) is 0 Å². The van der Waals surface area contributed by atoms with Crippen LogP contribution in [-0.2, 0) is 10.0 Å². The standard InChI is InChI=1S/C20H18FN3O3S/c1-14(15-10-12-22-13-11-15)23-20(25)16-2-6-18(7-3-16)24-28(26,27)19-8-4-17(21)5-9-19/h2-14,24H,1H3,(H,23,25)/t14-/m0/s1. The lowest BCUT2D eigenvalue weighted by molar-refractivity contribution is 0.0940. The van der Waals surface area contributed by atoms with Gasteiger partial charge in [-0.25, -0.2) is 12.8 Å². The molecule has 0 saturated heterocycles. The smallest absolute Gasteiger partial charge is 0.261 e. The van der Waals surface area contributed by atoms with Crippen LogP contribution in [0, 0.1) is 5.82 Å². The Labute approximate surface area is 162 Å². The van der Waals surface area contributed by atoms with E-state index in [2.05, 4.69) is 15.0 Å². The Bertz CT molecular complexity index is 1050. The predicted octanol–water partition coefficient (Wildman–Crippen LogP) is 3.51.